The molecule has 5 heteroatoms. The Hall–Kier alpha value is -0.680. The maximum atomic E-state index is 5.10. The Labute approximate surface area is 165 Å². The van der Waals surface area contributed by atoms with E-state index >= 15 is 0 Å². The zero-order valence-electron chi connectivity index (χ0n) is 15.9. The minimum absolute atomic E-state index is 0.765. The smallest absolute Gasteiger partial charge is 0.178 e. The maximum Gasteiger partial charge on any atom is 0.178 e. The lowest BCUT2D eigenvalue weighted by Crippen LogP contribution is -2.15. The summed E-state index contributed by atoms with van der Waals surface area (Å²) in [6.45, 7) is 4.90. The minimum Gasteiger partial charge on any atom is -0.387 e. The molecule has 0 aliphatic carbocycles. The molecule has 1 aliphatic heterocycles. The van der Waals surface area contributed by atoms with Crippen molar-refractivity contribution in [2.24, 2.45) is 0 Å². The molecule has 25 heavy (non-hydrogen) atoms. The summed E-state index contributed by atoms with van der Waals surface area (Å²) >= 11 is 8.74. The maximum absolute atomic E-state index is 5.10. The zero-order chi connectivity index (χ0) is 18.3. The van der Waals surface area contributed by atoms with Gasteiger partial charge in [-0.15, -0.1) is 12.6 Å². The third-order valence-electron chi connectivity index (χ3n) is 4.23. The Morgan fingerprint density at radius 2 is 1.60 bits per heavy atom. The van der Waals surface area contributed by atoms with E-state index in [0.29, 0.717) is 0 Å². The number of rotatable bonds is 14. The van der Waals surface area contributed by atoms with Gasteiger partial charge in [-0.3, -0.25) is 9.78 Å². The molecule has 1 aliphatic rings. The van der Waals surface area contributed by atoms with Gasteiger partial charge < -0.3 is 5.32 Å². The summed E-state index contributed by atoms with van der Waals surface area (Å²) in [7, 11) is 0. The van der Waals surface area contributed by atoms with Crippen molar-refractivity contribution in [1.29, 1.82) is 0 Å². The summed E-state index contributed by atoms with van der Waals surface area (Å²) in [6, 6.07) is 0. The first kappa shape index (κ1) is 22.4. The fraction of sp³-hybridized carbons (Fsp3) is 0.700. The molecule has 144 valence electrons. The lowest BCUT2D eigenvalue weighted by Gasteiger charge is -2.11. The van der Waals surface area contributed by atoms with Gasteiger partial charge in [-0.1, -0.05) is 44.9 Å². The highest BCUT2D eigenvalue weighted by Gasteiger charge is 2.08. The van der Waals surface area contributed by atoms with Crippen LogP contribution in [-0.4, -0.2) is 12.3 Å². The molecule has 1 heterocycles. The molecule has 0 saturated heterocycles. The fourth-order valence-electron chi connectivity index (χ4n) is 2.72. The second-order valence-corrected chi connectivity index (χ2v) is 7.75. The van der Waals surface area contributed by atoms with E-state index in [2.05, 4.69) is 30.6 Å². The molecule has 0 fully saturated rings. The third-order valence-corrected chi connectivity index (χ3v) is 4.82. The van der Waals surface area contributed by atoms with Crippen LogP contribution in [0.25, 0.3) is 0 Å². The summed E-state index contributed by atoms with van der Waals surface area (Å²) < 4.78 is 0. The van der Waals surface area contributed by atoms with Crippen molar-refractivity contribution in [2.75, 3.05) is 12.3 Å². The molecule has 0 aromatic rings. The molecule has 1 rings (SSSR count). The number of hydrogen-bond acceptors (Lipinski definition) is 5. The molecule has 1 N–H and O–H groups in total. The lowest BCUT2D eigenvalue weighted by molar-refractivity contribution is -0.205. The number of hydrogen-bond donors (Lipinski definition) is 3. The van der Waals surface area contributed by atoms with Gasteiger partial charge in [-0.05, 0) is 43.4 Å². The van der Waals surface area contributed by atoms with Gasteiger partial charge in [0.2, 0.25) is 0 Å². The molecule has 0 radical (unpaired) electrons. The fourth-order valence-corrected chi connectivity index (χ4v) is 3.11. The molecule has 0 spiro atoms. The van der Waals surface area contributed by atoms with Gasteiger partial charge in [0.05, 0.1) is 0 Å². The Morgan fingerprint density at radius 1 is 1.00 bits per heavy atom. The summed E-state index contributed by atoms with van der Waals surface area (Å²) in [5.74, 6) is 2.58. The molecule has 3 nitrogen and oxygen atoms in total. The van der Waals surface area contributed by atoms with Gasteiger partial charge in [0, 0.05) is 24.7 Å². The predicted octanol–water partition coefficient (Wildman–Crippen LogP) is 6.32. The van der Waals surface area contributed by atoms with Crippen LogP contribution in [0.15, 0.2) is 34.3 Å². The normalized spacial score (nSPS) is 16.3. The molecule has 0 unspecified atom stereocenters. The number of unbranched alkanes of at least 4 members (excludes halogenated alkanes) is 8. The van der Waals surface area contributed by atoms with Crippen molar-refractivity contribution in [3.05, 3.63) is 34.3 Å². The Bertz CT molecular complexity index is 455. The van der Waals surface area contributed by atoms with Crippen molar-refractivity contribution in [3.63, 3.8) is 0 Å². The van der Waals surface area contributed by atoms with Crippen molar-refractivity contribution in [1.82, 2.24) is 5.32 Å². The van der Waals surface area contributed by atoms with Crippen LogP contribution in [0.4, 0.5) is 0 Å². The quantitative estimate of drug-likeness (QED) is 0.186. The van der Waals surface area contributed by atoms with E-state index in [0.717, 1.165) is 40.8 Å². The van der Waals surface area contributed by atoms with Crippen LogP contribution in [0, 0.1) is 0 Å². The van der Waals surface area contributed by atoms with Crippen molar-refractivity contribution >= 4 is 25.3 Å². The molecule has 0 aromatic heterocycles. The van der Waals surface area contributed by atoms with Crippen LogP contribution in [-0.2, 0) is 9.78 Å². The van der Waals surface area contributed by atoms with Gasteiger partial charge in [0.1, 0.15) is 0 Å². The molecule has 0 aromatic carbocycles. The zero-order valence-corrected chi connectivity index (χ0v) is 17.6. The molecule has 0 saturated carbocycles. The average molecular weight is 386 g/mol. The predicted molar refractivity (Wildman–Crippen MR) is 114 cm³/mol. The first-order valence-electron chi connectivity index (χ1n) is 9.60. The van der Waals surface area contributed by atoms with Crippen molar-refractivity contribution in [3.8, 4) is 0 Å². The Balaban J connectivity index is 2.05. The summed E-state index contributed by atoms with van der Waals surface area (Å²) in [5, 5.41) is 3.51. The second kappa shape index (κ2) is 14.5. The van der Waals surface area contributed by atoms with E-state index in [-0.39, 0.29) is 0 Å². The highest BCUT2D eigenvalue weighted by atomic mass is 32.1. The topological polar surface area (TPSA) is 30.5 Å². The summed E-state index contributed by atoms with van der Waals surface area (Å²) in [4.78, 5) is 11.1. The molecular weight excluding hydrogens is 350 g/mol. The van der Waals surface area contributed by atoms with Gasteiger partial charge in [0.15, 0.2) is 11.5 Å². The van der Waals surface area contributed by atoms with Gasteiger partial charge in [-0.2, -0.15) is 12.6 Å². The molecule has 0 bridgehead atoms. The second-order valence-electron chi connectivity index (χ2n) is 6.63. The van der Waals surface area contributed by atoms with Gasteiger partial charge in [-0.25, -0.2) is 0 Å². The SMILES string of the molecule is CC1=C/C(=C/C/C(NCCCCCCCCCCCS)=C(\C)S)OO1. The van der Waals surface area contributed by atoms with Crippen LogP contribution < -0.4 is 5.32 Å². The highest BCUT2D eigenvalue weighted by Crippen LogP contribution is 2.19. The molecule has 0 atom stereocenters. The number of thiol groups is 2. The first-order chi connectivity index (χ1) is 12.1. The Kier molecular flexibility index (Phi) is 13.0. The van der Waals surface area contributed by atoms with E-state index in [4.69, 9.17) is 9.78 Å². The van der Waals surface area contributed by atoms with Crippen LogP contribution in [0.3, 0.4) is 0 Å². The number of allylic oxidation sites excluding steroid dienone is 4. The van der Waals surface area contributed by atoms with E-state index < -0.39 is 0 Å². The monoisotopic (exact) mass is 385 g/mol. The summed E-state index contributed by atoms with van der Waals surface area (Å²) in [6.07, 6.45) is 16.6. The van der Waals surface area contributed by atoms with Crippen molar-refractivity contribution in [2.45, 2.75) is 78.1 Å². The standard InChI is InChI=1S/C20H35NO2S2/c1-17-16-19(23-22-17)12-13-20(18(2)25)21-14-10-8-6-4-3-5-7-9-11-15-24/h12,16,21,24-25H,3-11,13-15H2,1-2H3/b19-12-,20-18-. The van der Waals surface area contributed by atoms with Crippen LogP contribution in [0.1, 0.15) is 78.1 Å². The number of nitrogens with one attached hydrogen (secondary N) is 1. The van der Waals surface area contributed by atoms with E-state index in [1.165, 1.54) is 57.8 Å². The van der Waals surface area contributed by atoms with Gasteiger partial charge >= 0.3 is 0 Å². The largest absolute Gasteiger partial charge is 0.387 e. The summed E-state index contributed by atoms with van der Waals surface area (Å²) in [5.41, 5.74) is 1.15. The lowest BCUT2D eigenvalue weighted by atomic mass is 10.1. The third kappa shape index (κ3) is 11.5. The minimum atomic E-state index is 0.765. The molecular formula is C20H35NO2S2. The average Bonchev–Trinajstić information content (AvgIpc) is 3.00. The van der Waals surface area contributed by atoms with Crippen LogP contribution in [0.5, 0.6) is 0 Å². The Morgan fingerprint density at radius 3 is 2.12 bits per heavy atom. The first-order valence-corrected chi connectivity index (χ1v) is 10.7. The molecule has 0 amide bonds. The van der Waals surface area contributed by atoms with Crippen LogP contribution in [0.2, 0.25) is 0 Å². The highest BCUT2D eigenvalue weighted by molar-refractivity contribution is 7.84. The van der Waals surface area contributed by atoms with E-state index in [1.807, 2.05) is 26.0 Å². The van der Waals surface area contributed by atoms with Gasteiger partial charge in [0.25, 0.3) is 0 Å². The van der Waals surface area contributed by atoms with Crippen LogP contribution >= 0.6 is 25.3 Å². The van der Waals surface area contributed by atoms with E-state index in [9.17, 15) is 0 Å². The van der Waals surface area contributed by atoms with Crippen molar-refractivity contribution < 1.29 is 9.78 Å². The van der Waals surface area contributed by atoms with E-state index in [1.54, 1.807) is 0 Å².